The van der Waals surface area contributed by atoms with Gasteiger partial charge >= 0.3 is 0 Å². The second kappa shape index (κ2) is 12.1. The van der Waals surface area contributed by atoms with Crippen molar-refractivity contribution in [1.29, 1.82) is 0 Å². The second-order valence-corrected chi connectivity index (χ2v) is 10.5. The van der Waals surface area contributed by atoms with Crippen LogP contribution in [0, 0.1) is 5.92 Å². The number of amides is 2. The van der Waals surface area contributed by atoms with Gasteiger partial charge in [-0.2, -0.15) is 0 Å². The average Bonchev–Trinajstić information content (AvgIpc) is 3.71. The number of hydrogen-bond acceptors (Lipinski definition) is 7. The summed E-state index contributed by atoms with van der Waals surface area (Å²) in [5.74, 6) is -0.858. The lowest BCUT2D eigenvalue weighted by Crippen LogP contribution is -2.44. The molecule has 0 aliphatic carbocycles. The number of aromatic nitrogens is 3. The number of aliphatic hydroxyl groups excluding tert-OH is 1. The Kier molecular flexibility index (Phi) is 8.39. The Morgan fingerprint density at radius 2 is 2.05 bits per heavy atom. The Hall–Kier alpha value is -3.86. The highest BCUT2D eigenvalue weighted by Crippen LogP contribution is 2.45. The minimum absolute atomic E-state index is 0.0308. The lowest BCUT2D eigenvalue weighted by molar-refractivity contribution is -0.139. The number of hydrogen-bond donors (Lipinski definition) is 4. The van der Waals surface area contributed by atoms with Crippen molar-refractivity contribution in [3.63, 3.8) is 0 Å². The molecule has 0 radical (unpaired) electrons. The molecule has 2 aromatic carbocycles. The fourth-order valence-corrected chi connectivity index (χ4v) is 5.40. The van der Waals surface area contributed by atoms with Gasteiger partial charge in [0, 0.05) is 42.9 Å². The van der Waals surface area contributed by atoms with Crippen molar-refractivity contribution in [3.05, 3.63) is 83.7 Å². The smallest absolute Gasteiger partial charge is 0.264 e. The van der Waals surface area contributed by atoms with E-state index in [1.165, 1.54) is 0 Å². The zero-order valence-corrected chi connectivity index (χ0v) is 22.7. The van der Waals surface area contributed by atoms with E-state index in [0.717, 1.165) is 30.6 Å². The first-order chi connectivity index (χ1) is 19.4. The van der Waals surface area contributed by atoms with Gasteiger partial charge in [0.1, 0.15) is 0 Å². The third-order valence-electron chi connectivity index (χ3n) is 7.68. The number of aliphatic hydroxyl groups is 2. The van der Waals surface area contributed by atoms with Gasteiger partial charge in [-0.3, -0.25) is 14.3 Å². The molecule has 0 spiro atoms. The molecule has 2 aliphatic rings. The van der Waals surface area contributed by atoms with Gasteiger partial charge in [-0.1, -0.05) is 54.6 Å². The Balaban J connectivity index is 1.25. The first-order valence-corrected chi connectivity index (χ1v) is 13.8. The molecule has 0 saturated carbocycles. The summed E-state index contributed by atoms with van der Waals surface area (Å²) in [6.07, 6.45) is 8.59. The number of nitrogens with one attached hydrogen (secondary N) is 2. The molecular weight excluding hydrogens is 508 g/mol. The summed E-state index contributed by atoms with van der Waals surface area (Å²) in [5, 5.41) is 35.1. The van der Waals surface area contributed by atoms with Crippen LogP contribution in [-0.4, -0.2) is 56.2 Å². The van der Waals surface area contributed by atoms with Gasteiger partial charge < -0.3 is 25.7 Å². The van der Waals surface area contributed by atoms with E-state index in [2.05, 4.69) is 20.9 Å². The van der Waals surface area contributed by atoms with Crippen LogP contribution >= 0.6 is 0 Å². The van der Waals surface area contributed by atoms with Gasteiger partial charge in [0.05, 0.1) is 24.0 Å². The van der Waals surface area contributed by atoms with Crippen molar-refractivity contribution >= 4 is 23.2 Å². The highest BCUT2D eigenvalue weighted by atomic mass is 16.3. The second-order valence-electron chi connectivity index (χ2n) is 10.5. The Bertz CT molecular complexity index is 1360. The van der Waals surface area contributed by atoms with Crippen molar-refractivity contribution in [1.82, 2.24) is 20.3 Å². The molecule has 0 bridgehead atoms. The first kappa shape index (κ1) is 27.7. The zero-order valence-electron chi connectivity index (χ0n) is 22.7. The van der Waals surface area contributed by atoms with Crippen LogP contribution in [0.5, 0.6) is 0 Å². The van der Waals surface area contributed by atoms with Crippen molar-refractivity contribution in [2.45, 2.75) is 57.3 Å². The number of carbonyl (C=O) groups excluding carboxylic acids is 2. The molecule has 0 unspecified atom stereocenters. The maximum atomic E-state index is 13.7. The Labute approximate surface area is 233 Å². The summed E-state index contributed by atoms with van der Waals surface area (Å²) in [7, 11) is 0. The van der Waals surface area contributed by atoms with Gasteiger partial charge in [-0.15, -0.1) is 5.10 Å². The minimum Gasteiger partial charge on any atom is -0.396 e. The fourth-order valence-electron chi connectivity index (χ4n) is 5.40. The molecule has 10 nitrogen and oxygen atoms in total. The van der Waals surface area contributed by atoms with Crippen LogP contribution in [0.3, 0.4) is 0 Å². The van der Waals surface area contributed by atoms with Crippen LogP contribution < -0.4 is 15.5 Å². The third kappa shape index (κ3) is 5.70. The van der Waals surface area contributed by atoms with Crippen LogP contribution in [-0.2, 0) is 34.7 Å². The Morgan fingerprint density at radius 3 is 2.80 bits per heavy atom. The van der Waals surface area contributed by atoms with E-state index >= 15 is 0 Å². The molecule has 1 saturated heterocycles. The largest absolute Gasteiger partial charge is 0.396 e. The molecule has 2 amide bonds. The van der Waals surface area contributed by atoms with Crippen LogP contribution in [0.25, 0.3) is 0 Å². The van der Waals surface area contributed by atoms with E-state index in [9.17, 15) is 14.7 Å². The van der Waals surface area contributed by atoms with E-state index in [1.54, 1.807) is 9.58 Å². The molecule has 10 heteroatoms. The lowest BCUT2D eigenvalue weighted by Gasteiger charge is -2.27. The monoisotopic (exact) mass is 544 g/mol. The van der Waals surface area contributed by atoms with Gasteiger partial charge in [-0.05, 0) is 49.6 Å². The van der Waals surface area contributed by atoms with Crippen molar-refractivity contribution in [3.8, 4) is 0 Å². The maximum Gasteiger partial charge on any atom is 0.264 e. The highest BCUT2D eigenvalue weighted by molar-refractivity contribution is 6.07. The molecule has 40 heavy (non-hydrogen) atoms. The number of fused-ring (bicyclic) bond motifs is 1. The van der Waals surface area contributed by atoms with Crippen LogP contribution in [0.2, 0.25) is 0 Å². The molecule has 1 fully saturated rings. The summed E-state index contributed by atoms with van der Waals surface area (Å²) in [4.78, 5) is 27.8. The van der Waals surface area contributed by atoms with Gasteiger partial charge in [-0.25, -0.2) is 0 Å². The van der Waals surface area contributed by atoms with Gasteiger partial charge in [0.15, 0.2) is 5.60 Å². The fraction of sp³-hybridized carbons (Fsp3) is 0.400. The van der Waals surface area contributed by atoms with Crippen LogP contribution in [0.15, 0.2) is 66.9 Å². The predicted octanol–water partition coefficient (Wildman–Crippen LogP) is 2.52. The molecule has 2 aliphatic heterocycles. The number of aryl methyl sites for hydroxylation is 1. The summed E-state index contributed by atoms with van der Waals surface area (Å²) in [6.45, 7) is 3.64. The average molecular weight is 545 g/mol. The normalized spacial score (nSPS) is 21.2. The molecule has 3 aromatic rings. The number of para-hydroxylation sites is 1. The topological polar surface area (TPSA) is 133 Å². The summed E-state index contributed by atoms with van der Waals surface area (Å²) in [5.41, 5.74) is 1.94. The van der Waals surface area contributed by atoms with Crippen LogP contribution in [0.1, 0.15) is 43.0 Å². The van der Waals surface area contributed by atoms with Crippen molar-refractivity contribution < 1.29 is 19.8 Å². The van der Waals surface area contributed by atoms with E-state index in [1.807, 2.05) is 73.8 Å². The number of rotatable bonds is 11. The molecule has 1 aromatic heterocycles. The maximum absolute atomic E-state index is 13.7. The SMILES string of the molecule is C[C@H](/C=C/CCn1cc(CCO)nn1)[C@@]1(O)C(=O)N(Cc2ccc(NC(=O)[C@H]3CCCN3)cc2)c2ccccc21. The highest BCUT2D eigenvalue weighted by Gasteiger charge is 2.52. The standard InChI is InChI=1S/C30H36N6O4/c1-21(7-4-5-17-35-20-24(15-18-37)33-34-35)30(40)25-8-2-3-10-27(25)36(29(30)39)19-22-11-13-23(14-12-22)32-28(38)26-9-6-16-31-26/h2-4,7-8,10-14,20-21,26,31,37,40H,5-6,9,15-19H2,1H3,(H,32,38)/b7-4+/t21-,26-,30+/m1/s1. The van der Waals surface area contributed by atoms with Gasteiger partial charge in [0.25, 0.3) is 5.91 Å². The quantitative estimate of drug-likeness (QED) is 0.273. The molecule has 3 heterocycles. The molecular formula is C30H36N6O4. The van der Waals surface area contributed by atoms with Gasteiger partial charge in [0.2, 0.25) is 5.91 Å². The number of allylic oxidation sites excluding steroid dienone is 1. The summed E-state index contributed by atoms with van der Waals surface area (Å²) in [6, 6.07) is 14.7. The summed E-state index contributed by atoms with van der Waals surface area (Å²) < 4.78 is 1.72. The Morgan fingerprint density at radius 1 is 1.25 bits per heavy atom. The van der Waals surface area contributed by atoms with Crippen molar-refractivity contribution in [2.24, 2.45) is 5.92 Å². The number of anilines is 2. The number of benzene rings is 2. The first-order valence-electron chi connectivity index (χ1n) is 13.8. The lowest BCUT2D eigenvalue weighted by atomic mass is 9.83. The molecule has 210 valence electrons. The van der Waals surface area contributed by atoms with E-state index in [4.69, 9.17) is 5.11 Å². The molecule has 3 atom stereocenters. The van der Waals surface area contributed by atoms with E-state index < -0.39 is 11.5 Å². The molecule has 4 N–H and O–H groups in total. The van der Waals surface area contributed by atoms with Crippen molar-refractivity contribution in [2.75, 3.05) is 23.4 Å². The summed E-state index contributed by atoms with van der Waals surface area (Å²) >= 11 is 0. The number of carbonyl (C=O) groups is 2. The van der Waals surface area contributed by atoms with E-state index in [-0.39, 0.29) is 24.5 Å². The third-order valence-corrected chi connectivity index (χ3v) is 7.68. The zero-order chi connectivity index (χ0) is 28.1. The predicted molar refractivity (Wildman–Crippen MR) is 151 cm³/mol. The number of nitrogens with zero attached hydrogens (tertiary/aromatic N) is 4. The minimum atomic E-state index is -1.68. The van der Waals surface area contributed by atoms with Crippen LogP contribution in [0.4, 0.5) is 11.4 Å². The molecule has 5 rings (SSSR count). The van der Waals surface area contributed by atoms with E-state index in [0.29, 0.717) is 42.9 Å².